The Morgan fingerprint density at radius 1 is 0.533 bits per heavy atom. The van der Waals surface area contributed by atoms with Crippen LogP contribution in [0.15, 0.2) is 60.7 Å². The first-order chi connectivity index (χ1) is 27.9. The van der Waals surface area contributed by atoms with E-state index in [1.807, 2.05) is 0 Å². The molecule has 1 unspecified atom stereocenters. The molecule has 0 saturated carbocycles. The lowest BCUT2D eigenvalue weighted by molar-refractivity contribution is -0.161. The zero-order valence-electron chi connectivity index (χ0n) is 36.0. The topological polar surface area (TPSA) is 200 Å². The first kappa shape index (κ1) is 51.0. The number of esters is 2. The Morgan fingerprint density at radius 3 is 1.18 bits per heavy atom. The zero-order valence-corrected chi connectivity index (χ0v) is 38.1. The van der Waals surface area contributed by atoms with Gasteiger partial charge in [0.25, 0.3) is 0 Å². The van der Waals surface area contributed by atoms with Crippen molar-refractivity contribution in [3.63, 3.8) is 0 Å². The third kappa shape index (κ3) is 18.0. The molecule has 0 aliphatic heterocycles. The van der Waals surface area contributed by atoms with Gasteiger partial charge in [-0.25, -0.2) is 33.6 Å². The highest BCUT2D eigenvalue weighted by atomic mass is 127. The monoisotopic (exact) mass is 956 g/mol. The highest BCUT2D eigenvalue weighted by Gasteiger charge is 2.44. The van der Waals surface area contributed by atoms with E-state index in [4.69, 9.17) is 37.9 Å². The average Bonchev–Trinajstić information content (AvgIpc) is 3.13. The van der Waals surface area contributed by atoms with Crippen LogP contribution < -0.4 is 0 Å². The van der Waals surface area contributed by atoms with Gasteiger partial charge >= 0.3 is 42.5 Å². The molecule has 2 rings (SSSR count). The van der Waals surface area contributed by atoms with Crippen molar-refractivity contribution in [3.05, 3.63) is 71.8 Å². The smallest absolute Gasteiger partial charge is 0.460 e. The minimum atomic E-state index is -1.61. The quantitative estimate of drug-likeness (QED) is 0.0670. The number of hydrogen-bond donors (Lipinski definition) is 0. The molecule has 2 aromatic rings. The number of carbonyl (C=O) groups is 7. The van der Waals surface area contributed by atoms with Crippen LogP contribution in [-0.4, -0.2) is 99.0 Å². The number of nitrogens with zero attached hydrogens (tertiary/aromatic N) is 2. The summed E-state index contributed by atoms with van der Waals surface area (Å²) in [7, 11) is 0. The predicted octanol–water partition coefficient (Wildman–Crippen LogP) is 8.57. The predicted molar refractivity (Wildman–Crippen MR) is 223 cm³/mol. The van der Waals surface area contributed by atoms with Crippen LogP contribution in [0.5, 0.6) is 0 Å². The number of imide groups is 2. The minimum Gasteiger partial charge on any atom is -0.460 e. The van der Waals surface area contributed by atoms with E-state index in [1.54, 1.807) is 159 Å². The Bertz CT molecular complexity index is 1630. The lowest BCUT2D eigenvalue weighted by Crippen LogP contribution is -2.54. The van der Waals surface area contributed by atoms with E-state index in [0.29, 0.717) is 20.9 Å². The van der Waals surface area contributed by atoms with E-state index in [9.17, 15) is 33.6 Å². The van der Waals surface area contributed by atoms with E-state index in [2.05, 4.69) is 0 Å². The number of rotatable bonds is 16. The Morgan fingerprint density at radius 2 is 0.883 bits per heavy atom. The molecule has 0 N–H and O–H groups in total. The maximum Gasteiger partial charge on any atom is 0.509 e. The number of carbonyl (C=O) groups excluding carboxylic acids is 7. The Kier molecular flexibility index (Phi) is 20.1. The van der Waals surface area contributed by atoms with Gasteiger partial charge in [0.1, 0.15) is 49.7 Å². The van der Waals surface area contributed by atoms with Crippen molar-refractivity contribution >= 4 is 65.1 Å². The first-order valence-corrected chi connectivity index (χ1v) is 20.4. The van der Waals surface area contributed by atoms with Gasteiger partial charge in [-0.15, -0.1) is 0 Å². The van der Waals surface area contributed by atoms with Crippen molar-refractivity contribution < 1.29 is 71.5 Å². The van der Waals surface area contributed by atoms with Crippen LogP contribution in [0.4, 0.5) is 24.0 Å². The van der Waals surface area contributed by atoms with Crippen molar-refractivity contribution in [2.75, 3.05) is 13.2 Å². The summed E-state index contributed by atoms with van der Waals surface area (Å²) in [6.45, 7) is 15.2. The fourth-order valence-corrected chi connectivity index (χ4v) is 5.30. The molecule has 60 heavy (non-hydrogen) atoms. The molecule has 0 heterocycles. The number of amides is 4. The molecule has 0 saturated heterocycles. The van der Waals surface area contributed by atoms with E-state index < -0.39 is 101 Å². The van der Waals surface area contributed by atoms with Gasteiger partial charge in [0.05, 0.1) is 0 Å². The summed E-state index contributed by atoms with van der Waals surface area (Å²) in [6, 6.07) is 14.1. The van der Waals surface area contributed by atoms with Gasteiger partial charge in [-0.3, -0.25) is 0 Å². The third-order valence-corrected chi connectivity index (χ3v) is 7.89. The van der Waals surface area contributed by atoms with Crippen LogP contribution in [0.1, 0.15) is 87.3 Å². The van der Waals surface area contributed by atoms with Gasteiger partial charge in [0.15, 0.2) is 10.2 Å². The summed E-state index contributed by atoms with van der Waals surface area (Å²) < 4.78 is 42.5. The normalized spacial score (nSPS) is 13.0. The average molecular weight is 957 g/mol. The standard InChI is InChI=1S/C42H57IN2O15/c1-26(2)32(44(38(50)59-41(6,7)8)36(48)55-22-29-18-14-12-15-19-29)34(46)53-24-31(58-40(52)57-28(5)43)25-54-35(47)33(27(3)4)45(39(51)60-42(9,10)11)37(49)56-23-30-20-16-13-17-21-30/h12-21,26-28,31-33H,22-25H2,1-11H3/t28?,32-,33-/m0/s1. The summed E-state index contributed by atoms with van der Waals surface area (Å²) in [5.41, 5.74) is -0.937. The van der Waals surface area contributed by atoms with Gasteiger partial charge in [0, 0.05) is 0 Å². The highest BCUT2D eigenvalue weighted by Crippen LogP contribution is 2.23. The van der Waals surface area contributed by atoms with Gasteiger partial charge in [0.2, 0.25) is 0 Å². The molecule has 0 bridgehead atoms. The second-order valence-corrected chi connectivity index (χ2v) is 17.8. The first-order valence-electron chi connectivity index (χ1n) is 19.2. The molecule has 0 aromatic heterocycles. The fraction of sp³-hybridized carbons (Fsp3) is 0.548. The molecular formula is C42H57IN2O15. The summed E-state index contributed by atoms with van der Waals surface area (Å²) in [6.07, 6.45) is -7.51. The largest absolute Gasteiger partial charge is 0.509 e. The van der Waals surface area contributed by atoms with Crippen molar-refractivity contribution in [1.82, 2.24) is 9.80 Å². The number of halogens is 1. The number of ether oxygens (including phenoxy) is 8. The van der Waals surface area contributed by atoms with Crippen LogP contribution >= 0.6 is 22.6 Å². The highest BCUT2D eigenvalue weighted by molar-refractivity contribution is 14.1. The van der Waals surface area contributed by atoms with Crippen LogP contribution in [0.25, 0.3) is 0 Å². The van der Waals surface area contributed by atoms with E-state index in [1.165, 1.54) is 0 Å². The second kappa shape index (κ2) is 23.6. The van der Waals surface area contributed by atoms with Gasteiger partial charge < -0.3 is 37.9 Å². The van der Waals surface area contributed by atoms with Gasteiger partial charge in [-0.1, -0.05) is 88.4 Å². The molecule has 0 spiro atoms. The molecule has 332 valence electrons. The van der Waals surface area contributed by atoms with Crippen LogP contribution in [0, 0.1) is 11.8 Å². The summed E-state index contributed by atoms with van der Waals surface area (Å²) in [4.78, 5) is 95.3. The molecule has 17 nitrogen and oxygen atoms in total. The van der Waals surface area contributed by atoms with Gasteiger partial charge in [-0.05, 0) is 94.0 Å². The molecule has 2 aromatic carbocycles. The van der Waals surface area contributed by atoms with Crippen LogP contribution in [0.2, 0.25) is 0 Å². The number of hydrogen-bond acceptors (Lipinski definition) is 15. The lowest BCUT2D eigenvalue weighted by Gasteiger charge is -2.33. The molecule has 3 atom stereocenters. The van der Waals surface area contributed by atoms with Crippen molar-refractivity contribution in [2.24, 2.45) is 11.8 Å². The molecular weight excluding hydrogens is 899 g/mol. The SMILES string of the molecule is CC(I)OC(=O)OC(COC(=O)[C@H](C(C)C)N(C(=O)OCc1ccccc1)C(=O)OC(C)(C)C)COC(=O)[C@H](C(C)C)N(C(=O)OCc1ccccc1)C(=O)OC(C)(C)C. The number of benzene rings is 2. The molecule has 18 heteroatoms. The molecule has 0 aliphatic rings. The molecule has 0 aliphatic carbocycles. The second-order valence-electron chi connectivity index (χ2n) is 16.1. The van der Waals surface area contributed by atoms with E-state index in [0.717, 1.165) is 0 Å². The third-order valence-electron chi connectivity index (χ3n) is 7.63. The fourth-order valence-electron chi connectivity index (χ4n) is 5.09. The Hall–Kier alpha value is -5.14. The Labute approximate surface area is 364 Å². The molecule has 0 fully saturated rings. The van der Waals surface area contributed by atoms with Crippen molar-refractivity contribution in [1.29, 1.82) is 0 Å². The molecule has 4 amide bonds. The number of alkyl halides is 1. The maximum atomic E-state index is 13.8. The summed E-state index contributed by atoms with van der Waals surface area (Å²) in [5, 5.41) is 0. The van der Waals surface area contributed by atoms with Crippen LogP contribution in [-0.2, 0) is 60.7 Å². The van der Waals surface area contributed by atoms with E-state index >= 15 is 0 Å². The van der Waals surface area contributed by atoms with Crippen molar-refractivity contribution in [3.8, 4) is 0 Å². The lowest BCUT2D eigenvalue weighted by atomic mass is 10.0. The maximum absolute atomic E-state index is 13.8. The summed E-state index contributed by atoms with van der Waals surface area (Å²) >= 11 is 1.80. The Balaban J connectivity index is 2.40. The van der Waals surface area contributed by atoms with Crippen molar-refractivity contribution in [2.45, 2.75) is 123 Å². The summed E-state index contributed by atoms with van der Waals surface area (Å²) in [5.74, 6) is -3.77. The van der Waals surface area contributed by atoms with Gasteiger partial charge in [-0.2, -0.15) is 9.80 Å². The van der Waals surface area contributed by atoms with Crippen LogP contribution in [0.3, 0.4) is 0 Å². The minimum absolute atomic E-state index is 0.231. The molecule has 0 radical (unpaired) electrons. The van der Waals surface area contributed by atoms with E-state index in [-0.39, 0.29) is 13.2 Å². The zero-order chi connectivity index (χ0) is 45.4.